The molecular weight excluding hydrogens is 212 g/mol. The smallest absolute Gasteiger partial charge is 0.162 e. The van der Waals surface area contributed by atoms with Gasteiger partial charge in [-0.1, -0.05) is 11.6 Å². The Hall–Kier alpha value is -1.16. The van der Waals surface area contributed by atoms with E-state index in [1.54, 1.807) is 4.68 Å². The maximum Gasteiger partial charge on any atom is 0.162 e. The lowest BCUT2D eigenvalue weighted by Gasteiger charge is -1.95. The molecule has 2 aromatic heterocycles. The molecule has 1 fully saturated rings. The Kier molecular flexibility index (Phi) is 1.92. The summed E-state index contributed by atoms with van der Waals surface area (Å²) >= 11 is 6.07. The fraction of sp³-hybridized carbons (Fsp3) is 0.500. The molecule has 0 amide bonds. The molecule has 1 saturated carbocycles. The Balaban J connectivity index is 2.19. The van der Waals surface area contributed by atoms with Crippen LogP contribution < -0.4 is 0 Å². The maximum atomic E-state index is 6.07. The predicted molar refractivity (Wildman–Crippen MR) is 57.7 cm³/mol. The number of fused-ring (bicyclic) bond motifs is 1. The lowest BCUT2D eigenvalue weighted by Crippen LogP contribution is -1.93. The summed E-state index contributed by atoms with van der Waals surface area (Å²) in [4.78, 5) is 8.20. The highest BCUT2D eigenvalue weighted by molar-refractivity contribution is 6.34. The van der Waals surface area contributed by atoms with Gasteiger partial charge in [-0.05, 0) is 25.2 Å². The SMILES string of the molecule is Cn1nc(CC2CC2)c2c(Cl)ncnc21. The fourth-order valence-corrected chi connectivity index (χ4v) is 2.10. The number of hydrogen-bond donors (Lipinski definition) is 0. The van der Waals surface area contributed by atoms with Gasteiger partial charge in [-0.2, -0.15) is 5.10 Å². The molecule has 0 saturated heterocycles. The molecule has 0 N–H and O–H groups in total. The summed E-state index contributed by atoms with van der Waals surface area (Å²) in [6.45, 7) is 0. The monoisotopic (exact) mass is 222 g/mol. The van der Waals surface area contributed by atoms with Gasteiger partial charge in [0.1, 0.15) is 11.5 Å². The maximum absolute atomic E-state index is 6.07. The second-order valence-corrected chi connectivity index (χ2v) is 4.44. The van der Waals surface area contributed by atoms with Crippen molar-refractivity contribution >= 4 is 22.6 Å². The van der Waals surface area contributed by atoms with E-state index in [0.717, 1.165) is 29.1 Å². The molecule has 0 spiro atoms. The van der Waals surface area contributed by atoms with Crippen molar-refractivity contribution in [1.82, 2.24) is 19.7 Å². The summed E-state index contributed by atoms with van der Waals surface area (Å²) in [6, 6.07) is 0. The zero-order valence-corrected chi connectivity index (χ0v) is 9.20. The molecule has 1 aliphatic carbocycles. The van der Waals surface area contributed by atoms with Crippen molar-refractivity contribution in [1.29, 1.82) is 0 Å². The van der Waals surface area contributed by atoms with Gasteiger partial charge in [-0.15, -0.1) is 0 Å². The first kappa shape index (κ1) is 9.09. The molecule has 2 heterocycles. The van der Waals surface area contributed by atoms with Crippen LogP contribution in [0, 0.1) is 5.92 Å². The standard InChI is InChI=1S/C10H11ClN4/c1-15-10-8(9(11)12-5-13-10)7(14-15)4-6-2-3-6/h5-6H,2-4H2,1H3. The molecule has 0 bridgehead atoms. The Labute approximate surface area is 92.3 Å². The summed E-state index contributed by atoms with van der Waals surface area (Å²) < 4.78 is 1.78. The Morgan fingerprint density at radius 3 is 3.00 bits per heavy atom. The summed E-state index contributed by atoms with van der Waals surface area (Å²) in [6.07, 6.45) is 5.10. The van der Waals surface area contributed by atoms with Crippen molar-refractivity contribution in [3.63, 3.8) is 0 Å². The number of aryl methyl sites for hydroxylation is 1. The van der Waals surface area contributed by atoms with Crippen LogP contribution in [0.3, 0.4) is 0 Å². The average molecular weight is 223 g/mol. The van der Waals surface area contributed by atoms with E-state index in [1.165, 1.54) is 19.2 Å². The molecule has 5 heteroatoms. The van der Waals surface area contributed by atoms with Gasteiger partial charge in [-0.25, -0.2) is 9.97 Å². The number of nitrogens with zero attached hydrogens (tertiary/aromatic N) is 4. The van der Waals surface area contributed by atoms with Crippen molar-refractivity contribution in [2.45, 2.75) is 19.3 Å². The van der Waals surface area contributed by atoms with E-state index in [0.29, 0.717) is 5.15 Å². The molecule has 78 valence electrons. The number of aromatic nitrogens is 4. The van der Waals surface area contributed by atoms with Gasteiger partial charge in [0, 0.05) is 7.05 Å². The van der Waals surface area contributed by atoms with E-state index < -0.39 is 0 Å². The largest absolute Gasteiger partial charge is 0.250 e. The molecule has 15 heavy (non-hydrogen) atoms. The fourth-order valence-electron chi connectivity index (χ4n) is 1.87. The van der Waals surface area contributed by atoms with E-state index in [9.17, 15) is 0 Å². The molecule has 0 aliphatic heterocycles. The molecule has 0 aromatic carbocycles. The lowest BCUT2D eigenvalue weighted by atomic mass is 10.2. The zero-order valence-electron chi connectivity index (χ0n) is 8.44. The van der Waals surface area contributed by atoms with Crippen molar-refractivity contribution in [2.75, 3.05) is 0 Å². The topological polar surface area (TPSA) is 43.6 Å². The minimum Gasteiger partial charge on any atom is -0.250 e. The summed E-state index contributed by atoms with van der Waals surface area (Å²) in [5, 5.41) is 5.90. The van der Waals surface area contributed by atoms with Gasteiger partial charge in [0.05, 0.1) is 11.1 Å². The molecule has 0 unspecified atom stereocenters. The van der Waals surface area contributed by atoms with Crippen LogP contribution in [-0.2, 0) is 13.5 Å². The quantitative estimate of drug-likeness (QED) is 0.730. The van der Waals surface area contributed by atoms with Crippen LogP contribution >= 0.6 is 11.6 Å². The van der Waals surface area contributed by atoms with Crippen LogP contribution in [0.15, 0.2) is 6.33 Å². The van der Waals surface area contributed by atoms with Crippen LogP contribution in [0.25, 0.3) is 11.0 Å². The zero-order chi connectivity index (χ0) is 10.4. The van der Waals surface area contributed by atoms with E-state index in [-0.39, 0.29) is 0 Å². The normalized spacial score (nSPS) is 16.1. The van der Waals surface area contributed by atoms with Crippen LogP contribution in [-0.4, -0.2) is 19.7 Å². The van der Waals surface area contributed by atoms with Crippen molar-refractivity contribution in [3.8, 4) is 0 Å². The molecule has 2 aromatic rings. The first-order chi connectivity index (χ1) is 7.25. The highest BCUT2D eigenvalue weighted by Gasteiger charge is 2.25. The molecular formula is C10H11ClN4. The van der Waals surface area contributed by atoms with Crippen molar-refractivity contribution in [3.05, 3.63) is 17.2 Å². The molecule has 1 aliphatic rings. The van der Waals surface area contributed by atoms with Crippen LogP contribution in [0.1, 0.15) is 18.5 Å². The second-order valence-electron chi connectivity index (χ2n) is 4.08. The minimum atomic E-state index is 0.517. The van der Waals surface area contributed by atoms with E-state index in [1.807, 2.05) is 7.05 Å². The third-order valence-electron chi connectivity index (χ3n) is 2.83. The number of rotatable bonds is 2. The third-order valence-corrected chi connectivity index (χ3v) is 3.11. The van der Waals surface area contributed by atoms with Gasteiger partial charge in [-0.3, -0.25) is 4.68 Å². The first-order valence-corrected chi connectivity index (χ1v) is 5.45. The first-order valence-electron chi connectivity index (χ1n) is 5.08. The van der Waals surface area contributed by atoms with Gasteiger partial charge < -0.3 is 0 Å². The summed E-state index contributed by atoms with van der Waals surface area (Å²) in [5.74, 6) is 0.791. The van der Waals surface area contributed by atoms with E-state index in [2.05, 4.69) is 15.1 Å². The minimum absolute atomic E-state index is 0.517. The van der Waals surface area contributed by atoms with Gasteiger partial charge in [0.25, 0.3) is 0 Å². The van der Waals surface area contributed by atoms with Crippen LogP contribution in [0.4, 0.5) is 0 Å². The summed E-state index contributed by atoms with van der Waals surface area (Å²) in [5.41, 5.74) is 1.87. The molecule has 4 nitrogen and oxygen atoms in total. The number of halogens is 1. The third kappa shape index (κ3) is 1.49. The summed E-state index contributed by atoms with van der Waals surface area (Å²) in [7, 11) is 1.89. The average Bonchev–Trinajstić information content (AvgIpc) is 2.94. The number of hydrogen-bond acceptors (Lipinski definition) is 3. The van der Waals surface area contributed by atoms with Gasteiger partial charge in [0.2, 0.25) is 0 Å². The molecule has 0 atom stereocenters. The Bertz CT molecular complexity index is 515. The molecule has 0 radical (unpaired) electrons. The Morgan fingerprint density at radius 1 is 1.47 bits per heavy atom. The highest BCUT2D eigenvalue weighted by Crippen LogP contribution is 2.35. The van der Waals surface area contributed by atoms with Gasteiger partial charge >= 0.3 is 0 Å². The van der Waals surface area contributed by atoms with E-state index >= 15 is 0 Å². The lowest BCUT2D eigenvalue weighted by molar-refractivity contribution is 0.727. The van der Waals surface area contributed by atoms with Crippen LogP contribution in [0.2, 0.25) is 5.15 Å². The predicted octanol–water partition coefficient (Wildman–Crippen LogP) is 1.97. The van der Waals surface area contributed by atoms with Gasteiger partial charge in [0.15, 0.2) is 5.65 Å². The molecule has 3 rings (SSSR count). The van der Waals surface area contributed by atoms with Crippen LogP contribution in [0.5, 0.6) is 0 Å². The Morgan fingerprint density at radius 2 is 2.27 bits per heavy atom. The van der Waals surface area contributed by atoms with Crippen molar-refractivity contribution < 1.29 is 0 Å². The van der Waals surface area contributed by atoms with Crippen molar-refractivity contribution in [2.24, 2.45) is 13.0 Å². The second kappa shape index (κ2) is 3.17. The highest BCUT2D eigenvalue weighted by atomic mass is 35.5. The van der Waals surface area contributed by atoms with E-state index in [4.69, 9.17) is 11.6 Å².